The summed E-state index contributed by atoms with van der Waals surface area (Å²) in [5.74, 6) is 1.00. The molecule has 2 aromatic rings. The second kappa shape index (κ2) is 13.3. The minimum atomic E-state index is 0.903. The summed E-state index contributed by atoms with van der Waals surface area (Å²) in [4.78, 5) is 4.84. The van der Waals surface area contributed by atoms with Crippen molar-refractivity contribution in [2.75, 3.05) is 6.66 Å². The molecule has 0 N–H and O–H groups in total. The summed E-state index contributed by atoms with van der Waals surface area (Å²) in [6.07, 6.45) is 7.52. The van der Waals surface area contributed by atoms with Gasteiger partial charge < -0.3 is 4.57 Å². The number of allylic oxidation sites excluding steroid dienone is 4. The molecule has 0 fully saturated rings. The minimum absolute atomic E-state index is 0.903. The molecule has 142 valence electrons. The summed E-state index contributed by atoms with van der Waals surface area (Å²) in [6.45, 7) is 19.9. The van der Waals surface area contributed by atoms with Crippen LogP contribution in [0.1, 0.15) is 42.9 Å². The summed E-state index contributed by atoms with van der Waals surface area (Å²) < 4.78 is 2.20. The molecule has 0 aliphatic rings. The van der Waals surface area contributed by atoms with Crippen LogP contribution < -0.4 is 0 Å². The molecule has 3 heteroatoms. The Morgan fingerprint density at radius 3 is 2.15 bits per heavy atom. The van der Waals surface area contributed by atoms with Gasteiger partial charge in [-0.15, -0.1) is 9.24 Å². The fourth-order valence-electron chi connectivity index (χ4n) is 2.67. The molecule has 0 spiro atoms. The van der Waals surface area contributed by atoms with Crippen LogP contribution >= 0.6 is 9.24 Å². The van der Waals surface area contributed by atoms with Crippen LogP contribution in [-0.4, -0.2) is 16.2 Å². The van der Waals surface area contributed by atoms with E-state index >= 15 is 0 Å². The van der Waals surface area contributed by atoms with Gasteiger partial charge in [0.25, 0.3) is 0 Å². The van der Waals surface area contributed by atoms with Gasteiger partial charge in [0.15, 0.2) is 0 Å². The van der Waals surface area contributed by atoms with Crippen LogP contribution in [0.5, 0.6) is 0 Å². The molecular weight excluding hydrogens is 335 g/mol. The third-order valence-electron chi connectivity index (χ3n) is 3.77. The molecule has 0 bridgehead atoms. The lowest BCUT2D eigenvalue weighted by atomic mass is 10.1. The number of aryl methyl sites for hydroxylation is 4. The Morgan fingerprint density at radius 1 is 1.08 bits per heavy atom. The molecule has 1 atom stereocenters. The molecule has 26 heavy (non-hydrogen) atoms. The standard InChI is InChI=1S/C20H24N2.C2H6.CH5P/c1-6-8-18(7-2)11-12-19-13-15(3)14-20(21-19)22-16(4)9-10-17(22)5;2*1-2/h6-10,13-14H,1-2,11-12H2,3-5H3;1-2H3;2H2,1H3/b18-8+;;. The van der Waals surface area contributed by atoms with E-state index in [1.54, 1.807) is 6.08 Å². The van der Waals surface area contributed by atoms with Crippen molar-refractivity contribution in [3.63, 3.8) is 0 Å². The smallest absolute Gasteiger partial charge is 0.137 e. The summed E-state index contributed by atoms with van der Waals surface area (Å²) in [5.41, 5.74) is 5.95. The van der Waals surface area contributed by atoms with Crippen molar-refractivity contribution in [3.8, 4) is 5.82 Å². The Balaban J connectivity index is 0.00000146. The summed E-state index contributed by atoms with van der Waals surface area (Å²) >= 11 is 0. The molecule has 1 unspecified atom stereocenters. The lowest BCUT2D eigenvalue weighted by Crippen LogP contribution is -2.04. The predicted molar refractivity (Wildman–Crippen MR) is 122 cm³/mol. The molecule has 0 saturated heterocycles. The molecule has 0 aliphatic heterocycles. The lowest BCUT2D eigenvalue weighted by molar-refractivity contribution is 0.863. The molecule has 2 aromatic heterocycles. The maximum absolute atomic E-state index is 4.84. The largest absolute Gasteiger partial charge is 0.303 e. The zero-order chi connectivity index (χ0) is 20.1. The zero-order valence-electron chi connectivity index (χ0n) is 17.3. The van der Waals surface area contributed by atoms with E-state index in [1.807, 2.05) is 32.7 Å². The number of hydrogen-bond donors (Lipinski definition) is 0. The van der Waals surface area contributed by atoms with Crippen molar-refractivity contribution >= 4 is 9.24 Å². The van der Waals surface area contributed by atoms with Crippen molar-refractivity contribution in [1.82, 2.24) is 9.55 Å². The van der Waals surface area contributed by atoms with Gasteiger partial charge in [-0.05, 0) is 69.0 Å². The van der Waals surface area contributed by atoms with Crippen molar-refractivity contribution in [2.45, 2.75) is 47.5 Å². The van der Waals surface area contributed by atoms with E-state index in [9.17, 15) is 0 Å². The van der Waals surface area contributed by atoms with Crippen LogP contribution in [0, 0.1) is 20.8 Å². The van der Waals surface area contributed by atoms with Crippen LogP contribution in [0.15, 0.2) is 61.2 Å². The molecule has 2 nitrogen and oxygen atoms in total. The van der Waals surface area contributed by atoms with Crippen LogP contribution in [0.25, 0.3) is 5.82 Å². The molecule has 0 amide bonds. The number of hydrogen-bond acceptors (Lipinski definition) is 1. The van der Waals surface area contributed by atoms with Gasteiger partial charge in [-0.2, -0.15) is 0 Å². The normalized spacial score (nSPS) is 10.2. The highest BCUT2D eigenvalue weighted by molar-refractivity contribution is 7.15. The Morgan fingerprint density at radius 2 is 1.65 bits per heavy atom. The lowest BCUT2D eigenvalue weighted by Gasteiger charge is -2.12. The molecule has 0 saturated carbocycles. The maximum Gasteiger partial charge on any atom is 0.137 e. The average Bonchev–Trinajstić information content (AvgIpc) is 3.00. The zero-order valence-corrected chi connectivity index (χ0v) is 18.5. The van der Waals surface area contributed by atoms with Crippen molar-refractivity contribution in [3.05, 3.63) is 83.9 Å². The fraction of sp³-hybridized carbons (Fsp3) is 0.348. The first-order valence-corrected chi connectivity index (χ1v) is 10.3. The van der Waals surface area contributed by atoms with Gasteiger partial charge in [0.2, 0.25) is 0 Å². The van der Waals surface area contributed by atoms with Gasteiger partial charge in [-0.3, -0.25) is 0 Å². The summed E-state index contributed by atoms with van der Waals surface area (Å²) in [5, 5.41) is 0. The Labute approximate surface area is 163 Å². The van der Waals surface area contributed by atoms with Gasteiger partial charge in [0, 0.05) is 17.1 Å². The maximum atomic E-state index is 4.84. The van der Waals surface area contributed by atoms with Gasteiger partial charge in [-0.1, -0.05) is 51.9 Å². The summed E-state index contributed by atoms with van der Waals surface area (Å²) in [7, 11) is 2.42. The van der Waals surface area contributed by atoms with Crippen molar-refractivity contribution in [2.24, 2.45) is 0 Å². The first-order valence-electron chi connectivity index (χ1n) is 9.20. The second-order valence-corrected chi connectivity index (χ2v) is 5.63. The van der Waals surface area contributed by atoms with Crippen molar-refractivity contribution < 1.29 is 0 Å². The van der Waals surface area contributed by atoms with E-state index < -0.39 is 0 Å². The van der Waals surface area contributed by atoms with Crippen LogP contribution in [0.4, 0.5) is 0 Å². The van der Waals surface area contributed by atoms with E-state index in [2.05, 4.69) is 72.0 Å². The minimum Gasteiger partial charge on any atom is -0.303 e. The molecule has 0 aromatic carbocycles. The molecule has 2 heterocycles. The van der Waals surface area contributed by atoms with Crippen molar-refractivity contribution in [1.29, 1.82) is 0 Å². The summed E-state index contributed by atoms with van der Waals surface area (Å²) in [6, 6.07) is 8.55. The van der Waals surface area contributed by atoms with Gasteiger partial charge in [0.05, 0.1) is 0 Å². The molecule has 0 radical (unpaired) electrons. The molecule has 0 aliphatic carbocycles. The topological polar surface area (TPSA) is 17.8 Å². The number of rotatable bonds is 6. The second-order valence-electron chi connectivity index (χ2n) is 5.63. The number of nitrogens with zero attached hydrogens (tertiary/aromatic N) is 2. The highest BCUT2D eigenvalue weighted by Gasteiger charge is 2.07. The first-order chi connectivity index (χ1) is 12.5. The fourth-order valence-corrected chi connectivity index (χ4v) is 2.67. The van der Waals surface area contributed by atoms with Gasteiger partial charge >= 0.3 is 0 Å². The van der Waals surface area contributed by atoms with Crippen LogP contribution in [0.3, 0.4) is 0 Å². The number of aromatic nitrogens is 2. The molecular formula is C23H35N2P. The van der Waals surface area contributed by atoms with E-state index in [-0.39, 0.29) is 0 Å². The van der Waals surface area contributed by atoms with E-state index in [4.69, 9.17) is 4.98 Å². The Hall–Kier alpha value is -1.92. The molecule has 2 rings (SSSR count). The monoisotopic (exact) mass is 370 g/mol. The third-order valence-corrected chi connectivity index (χ3v) is 3.77. The Kier molecular flexibility index (Phi) is 12.3. The Bertz CT molecular complexity index is 704. The van der Waals surface area contributed by atoms with E-state index in [0.717, 1.165) is 24.4 Å². The van der Waals surface area contributed by atoms with Gasteiger partial charge in [0.1, 0.15) is 5.82 Å². The number of pyridine rings is 1. The van der Waals surface area contributed by atoms with E-state index in [0.29, 0.717) is 0 Å². The first kappa shape index (κ1) is 24.1. The van der Waals surface area contributed by atoms with Crippen LogP contribution in [-0.2, 0) is 6.42 Å². The quantitative estimate of drug-likeness (QED) is 0.417. The SMILES string of the molecule is C=C/C=C(\C=C)CCc1cc(C)cc(-n2c(C)ccc2C)n1.CC.CP. The predicted octanol–water partition coefficient (Wildman–Crippen LogP) is 6.55. The highest BCUT2D eigenvalue weighted by Crippen LogP contribution is 2.18. The van der Waals surface area contributed by atoms with E-state index in [1.165, 1.54) is 22.5 Å². The van der Waals surface area contributed by atoms with Gasteiger partial charge in [-0.25, -0.2) is 4.98 Å². The average molecular weight is 371 g/mol. The highest BCUT2D eigenvalue weighted by atomic mass is 31.0. The van der Waals surface area contributed by atoms with Crippen LogP contribution in [0.2, 0.25) is 0 Å². The third kappa shape index (κ3) is 7.14.